The minimum atomic E-state index is -0.437. The summed E-state index contributed by atoms with van der Waals surface area (Å²) in [5.41, 5.74) is 2.21. The third-order valence-corrected chi connectivity index (χ3v) is 3.97. The molecule has 3 rings (SSSR count). The molecule has 108 valence electrons. The van der Waals surface area contributed by atoms with E-state index in [1.165, 1.54) is 25.0 Å². The Labute approximate surface area is 121 Å². The Kier molecular flexibility index (Phi) is 3.51. The molecule has 2 aromatic rings. The summed E-state index contributed by atoms with van der Waals surface area (Å²) in [6.45, 7) is 0. The Morgan fingerprint density at radius 1 is 1.24 bits per heavy atom. The molecular formula is C15H15N3O3. The second-order valence-corrected chi connectivity index (χ2v) is 5.29. The first-order chi connectivity index (χ1) is 10.2. The van der Waals surface area contributed by atoms with Gasteiger partial charge in [-0.05, 0) is 25.0 Å². The Balaban J connectivity index is 1.94. The predicted molar refractivity (Wildman–Crippen MR) is 76.8 cm³/mol. The Hall–Kier alpha value is -2.50. The van der Waals surface area contributed by atoms with Crippen molar-refractivity contribution in [1.82, 2.24) is 9.78 Å². The zero-order chi connectivity index (χ0) is 14.8. The second-order valence-electron chi connectivity index (χ2n) is 5.29. The molecular weight excluding hydrogens is 270 g/mol. The summed E-state index contributed by atoms with van der Waals surface area (Å²) >= 11 is 0. The molecule has 21 heavy (non-hydrogen) atoms. The number of aromatic nitrogens is 2. The standard InChI is InChI=1S/C15H15N3O3/c19-10-12-9-17(16-15(12)11-3-1-2-4-11)13-5-7-14(8-6-13)18(20)21/h5-11H,1-4H2. The van der Waals surface area contributed by atoms with E-state index in [1.54, 1.807) is 23.0 Å². The predicted octanol–water partition coefficient (Wildman–Crippen LogP) is 3.25. The number of carbonyl (C=O) groups is 1. The fourth-order valence-corrected chi connectivity index (χ4v) is 2.87. The summed E-state index contributed by atoms with van der Waals surface area (Å²) in [4.78, 5) is 21.5. The Bertz CT molecular complexity index is 670. The van der Waals surface area contributed by atoms with Crippen LogP contribution >= 0.6 is 0 Å². The SMILES string of the molecule is O=Cc1cn(-c2ccc([N+](=O)[O-])cc2)nc1C1CCCC1. The highest BCUT2D eigenvalue weighted by Gasteiger charge is 2.23. The molecule has 0 saturated heterocycles. The minimum absolute atomic E-state index is 0.0394. The van der Waals surface area contributed by atoms with E-state index in [1.807, 2.05) is 0 Å². The summed E-state index contributed by atoms with van der Waals surface area (Å²) < 4.78 is 1.63. The maximum atomic E-state index is 11.2. The first kappa shape index (κ1) is 13.5. The number of nitro groups is 1. The van der Waals surface area contributed by atoms with Gasteiger partial charge >= 0.3 is 0 Å². The van der Waals surface area contributed by atoms with Crippen molar-refractivity contribution in [3.05, 3.63) is 51.8 Å². The lowest BCUT2D eigenvalue weighted by molar-refractivity contribution is -0.384. The third kappa shape index (κ3) is 2.56. The second kappa shape index (κ2) is 5.47. The summed E-state index contributed by atoms with van der Waals surface area (Å²) in [6.07, 6.45) is 7.02. The molecule has 0 N–H and O–H groups in total. The lowest BCUT2D eigenvalue weighted by Gasteiger charge is -2.05. The van der Waals surface area contributed by atoms with Crippen molar-refractivity contribution in [1.29, 1.82) is 0 Å². The van der Waals surface area contributed by atoms with Gasteiger partial charge in [0.15, 0.2) is 6.29 Å². The molecule has 1 heterocycles. The van der Waals surface area contributed by atoms with E-state index in [0.29, 0.717) is 17.2 Å². The third-order valence-electron chi connectivity index (χ3n) is 3.97. The molecule has 1 fully saturated rings. The molecule has 0 atom stereocenters. The minimum Gasteiger partial charge on any atom is -0.298 e. The molecule has 1 aromatic heterocycles. The topological polar surface area (TPSA) is 78.0 Å². The van der Waals surface area contributed by atoms with E-state index in [2.05, 4.69) is 5.10 Å². The number of benzene rings is 1. The molecule has 1 saturated carbocycles. The maximum Gasteiger partial charge on any atom is 0.269 e. The van der Waals surface area contributed by atoms with Crippen LogP contribution in [0.15, 0.2) is 30.5 Å². The molecule has 6 heteroatoms. The van der Waals surface area contributed by atoms with Crippen LogP contribution in [0, 0.1) is 10.1 Å². The molecule has 0 radical (unpaired) electrons. The summed E-state index contributed by atoms with van der Waals surface area (Å²) in [5.74, 6) is 0.351. The van der Waals surface area contributed by atoms with Gasteiger partial charge in [-0.25, -0.2) is 4.68 Å². The van der Waals surface area contributed by atoms with Gasteiger partial charge in [0.1, 0.15) is 0 Å². The van der Waals surface area contributed by atoms with Gasteiger partial charge in [0.2, 0.25) is 0 Å². The molecule has 0 unspecified atom stereocenters. The van der Waals surface area contributed by atoms with E-state index in [4.69, 9.17) is 0 Å². The number of hydrogen-bond acceptors (Lipinski definition) is 4. The summed E-state index contributed by atoms with van der Waals surface area (Å²) in [6, 6.07) is 6.15. The molecule has 1 aliphatic carbocycles. The number of carbonyl (C=O) groups excluding carboxylic acids is 1. The number of non-ortho nitro benzene ring substituents is 1. The van der Waals surface area contributed by atoms with Crippen LogP contribution in [0.3, 0.4) is 0 Å². The van der Waals surface area contributed by atoms with Gasteiger partial charge in [0.05, 0.1) is 21.9 Å². The van der Waals surface area contributed by atoms with Crippen LogP contribution in [0.2, 0.25) is 0 Å². The van der Waals surface area contributed by atoms with Crippen molar-refractivity contribution < 1.29 is 9.72 Å². The van der Waals surface area contributed by atoms with Crippen LogP contribution in [-0.4, -0.2) is 21.0 Å². The lowest BCUT2D eigenvalue weighted by atomic mass is 10.0. The Morgan fingerprint density at radius 2 is 1.90 bits per heavy atom. The quantitative estimate of drug-likeness (QED) is 0.490. The van der Waals surface area contributed by atoms with Crippen LogP contribution < -0.4 is 0 Å². The maximum absolute atomic E-state index is 11.2. The van der Waals surface area contributed by atoms with Crippen LogP contribution in [0.1, 0.15) is 47.7 Å². The zero-order valence-electron chi connectivity index (χ0n) is 11.4. The van der Waals surface area contributed by atoms with Crippen molar-refractivity contribution in [2.45, 2.75) is 31.6 Å². The molecule has 1 aliphatic rings. The molecule has 0 aliphatic heterocycles. The fraction of sp³-hybridized carbons (Fsp3) is 0.333. The van der Waals surface area contributed by atoms with Crippen molar-refractivity contribution >= 4 is 12.0 Å². The van der Waals surface area contributed by atoms with Gasteiger partial charge in [0.25, 0.3) is 5.69 Å². The van der Waals surface area contributed by atoms with Crippen molar-refractivity contribution in [2.24, 2.45) is 0 Å². The number of aldehydes is 1. The lowest BCUT2D eigenvalue weighted by Crippen LogP contribution is -2.00. The number of rotatable bonds is 4. The van der Waals surface area contributed by atoms with Crippen LogP contribution in [0.25, 0.3) is 5.69 Å². The average Bonchev–Trinajstić information content (AvgIpc) is 3.16. The largest absolute Gasteiger partial charge is 0.298 e. The summed E-state index contributed by atoms with van der Waals surface area (Å²) in [7, 11) is 0. The van der Waals surface area contributed by atoms with Crippen molar-refractivity contribution in [2.75, 3.05) is 0 Å². The first-order valence-electron chi connectivity index (χ1n) is 6.98. The number of nitrogens with zero attached hydrogens (tertiary/aromatic N) is 3. The molecule has 0 amide bonds. The number of hydrogen-bond donors (Lipinski definition) is 0. The van der Waals surface area contributed by atoms with E-state index in [0.717, 1.165) is 24.8 Å². The first-order valence-corrected chi connectivity index (χ1v) is 6.98. The smallest absolute Gasteiger partial charge is 0.269 e. The molecule has 6 nitrogen and oxygen atoms in total. The normalized spacial score (nSPS) is 15.2. The number of nitro benzene ring substituents is 1. The van der Waals surface area contributed by atoms with Crippen LogP contribution in [0.4, 0.5) is 5.69 Å². The molecule has 0 spiro atoms. The fourth-order valence-electron chi connectivity index (χ4n) is 2.87. The monoisotopic (exact) mass is 285 g/mol. The van der Waals surface area contributed by atoms with Gasteiger partial charge < -0.3 is 0 Å². The van der Waals surface area contributed by atoms with E-state index < -0.39 is 4.92 Å². The van der Waals surface area contributed by atoms with Crippen molar-refractivity contribution in [3.8, 4) is 5.69 Å². The highest BCUT2D eigenvalue weighted by molar-refractivity contribution is 5.76. The van der Waals surface area contributed by atoms with E-state index in [-0.39, 0.29) is 5.69 Å². The van der Waals surface area contributed by atoms with Crippen molar-refractivity contribution in [3.63, 3.8) is 0 Å². The molecule has 1 aromatic carbocycles. The van der Waals surface area contributed by atoms with Gasteiger partial charge in [-0.3, -0.25) is 14.9 Å². The van der Waals surface area contributed by atoms with Gasteiger partial charge in [0, 0.05) is 24.2 Å². The van der Waals surface area contributed by atoms with Gasteiger partial charge in [-0.2, -0.15) is 5.10 Å². The summed E-state index contributed by atoms with van der Waals surface area (Å²) in [5, 5.41) is 15.2. The highest BCUT2D eigenvalue weighted by atomic mass is 16.6. The average molecular weight is 285 g/mol. The highest BCUT2D eigenvalue weighted by Crippen LogP contribution is 2.34. The zero-order valence-corrected chi connectivity index (χ0v) is 11.4. The van der Waals surface area contributed by atoms with E-state index in [9.17, 15) is 14.9 Å². The van der Waals surface area contributed by atoms with Gasteiger partial charge in [-0.1, -0.05) is 12.8 Å². The van der Waals surface area contributed by atoms with Crippen LogP contribution in [0.5, 0.6) is 0 Å². The Morgan fingerprint density at radius 3 is 2.48 bits per heavy atom. The van der Waals surface area contributed by atoms with Gasteiger partial charge in [-0.15, -0.1) is 0 Å². The van der Waals surface area contributed by atoms with E-state index >= 15 is 0 Å². The molecule has 0 bridgehead atoms. The van der Waals surface area contributed by atoms with Crippen LogP contribution in [-0.2, 0) is 0 Å².